The van der Waals surface area contributed by atoms with Crippen LogP contribution in [-0.2, 0) is 11.2 Å². The molecule has 0 aliphatic rings. The summed E-state index contributed by atoms with van der Waals surface area (Å²) in [6.07, 6.45) is -0.509. The molecule has 3 aromatic carbocycles. The molecule has 5 heteroatoms. The van der Waals surface area contributed by atoms with Gasteiger partial charge in [-0.05, 0) is 42.3 Å². The van der Waals surface area contributed by atoms with Gasteiger partial charge in [0.1, 0.15) is 6.17 Å². The van der Waals surface area contributed by atoms with E-state index in [0.717, 1.165) is 16.7 Å². The van der Waals surface area contributed by atoms with Crippen LogP contribution in [0.2, 0.25) is 0 Å². The van der Waals surface area contributed by atoms with E-state index < -0.39 is 6.17 Å². The number of rotatable bonds is 6. The highest BCUT2D eigenvalue weighted by Crippen LogP contribution is 2.13. The van der Waals surface area contributed by atoms with Gasteiger partial charge in [0.05, 0.1) is 18.1 Å². The van der Waals surface area contributed by atoms with Gasteiger partial charge in [0.25, 0.3) is 5.91 Å². The van der Waals surface area contributed by atoms with E-state index in [2.05, 4.69) is 16.7 Å². The highest BCUT2D eigenvalue weighted by atomic mass is 16.2. The van der Waals surface area contributed by atoms with Crippen LogP contribution in [0.5, 0.6) is 0 Å². The van der Waals surface area contributed by atoms with Crippen molar-refractivity contribution in [1.82, 2.24) is 10.6 Å². The monoisotopic (exact) mass is 383 g/mol. The first-order valence-electron chi connectivity index (χ1n) is 9.26. The second-order valence-corrected chi connectivity index (χ2v) is 6.74. The molecule has 0 aromatic heterocycles. The number of nitrogens with zero attached hydrogens (tertiary/aromatic N) is 1. The van der Waals surface area contributed by atoms with E-state index in [1.807, 2.05) is 49.4 Å². The van der Waals surface area contributed by atoms with Crippen LogP contribution < -0.4 is 10.6 Å². The number of carbonyl (C=O) groups excluding carboxylic acids is 2. The van der Waals surface area contributed by atoms with Crippen LogP contribution in [0.1, 0.15) is 38.8 Å². The van der Waals surface area contributed by atoms with Crippen molar-refractivity contribution < 1.29 is 9.59 Å². The van der Waals surface area contributed by atoms with Gasteiger partial charge in [0.2, 0.25) is 5.91 Å². The molecule has 3 rings (SSSR count). The predicted molar refractivity (Wildman–Crippen MR) is 111 cm³/mol. The molecule has 29 heavy (non-hydrogen) atoms. The van der Waals surface area contributed by atoms with Gasteiger partial charge < -0.3 is 10.6 Å². The fourth-order valence-electron chi connectivity index (χ4n) is 2.94. The maximum absolute atomic E-state index is 12.7. The van der Waals surface area contributed by atoms with Gasteiger partial charge >= 0.3 is 0 Å². The van der Waals surface area contributed by atoms with Crippen LogP contribution in [0.3, 0.4) is 0 Å². The van der Waals surface area contributed by atoms with Crippen LogP contribution >= 0.6 is 0 Å². The second-order valence-electron chi connectivity index (χ2n) is 6.74. The van der Waals surface area contributed by atoms with E-state index in [4.69, 9.17) is 5.26 Å². The predicted octanol–water partition coefficient (Wildman–Crippen LogP) is 3.65. The molecular formula is C24H21N3O2. The topological polar surface area (TPSA) is 82.0 Å². The van der Waals surface area contributed by atoms with E-state index in [9.17, 15) is 9.59 Å². The number of aryl methyl sites for hydroxylation is 1. The Morgan fingerprint density at radius 2 is 1.66 bits per heavy atom. The molecule has 0 radical (unpaired) electrons. The van der Waals surface area contributed by atoms with E-state index in [0.29, 0.717) is 11.1 Å². The molecule has 0 fully saturated rings. The third kappa shape index (κ3) is 5.53. The molecule has 0 aliphatic carbocycles. The summed E-state index contributed by atoms with van der Waals surface area (Å²) in [6, 6.07) is 25.5. The van der Waals surface area contributed by atoms with Crippen molar-refractivity contribution in [3.8, 4) is 6.07 Å². The largest absolute Gasteiger partial charge is 0.332 e. The number of nitriles is 1. The Hall–Kier alpha value is -3.91. The number of carbonyl (C=O) groups is 2. The number of amides is 2. The van der Waals surface area contributed by atoms with Crippen LogP contribution in [0.15, 0.2) is 78.9 Å². The average molecular weight is 383 g/mol. The summed E-state index contributed by atoms with van der Waals surface area (Å²) < 4.78 is 0. The summed E-state index contributed by atoms with van der Waals surface area (Å²) >= 11 is 0. The molecule has 0 heterocycles. The molecule has 1 unspecified atom stereocenters. The van der Waals surface area contributed by atoms with Crippen molar-refractivity contribution in [3.05, 3.63) is 107 Å². The molecule has 0 bridgehead atoms. The van der Waals surface area contributed by atoms with Crippen molar-refractivity contribution in [2.75, 3.05) is 0 Å². The maximum atomic E-state index is 12.7. The lowest BCUT2D eigenvalue weighted by atomic mass is 10.1. The number of nitrogens with one attached hydrogen (secondary N) is 2. The third-order valence-electron chi connectivity index (χ3n) is 4.44. The fourth-order valence-corrected chi connectivity index (χ4v) is 2.94. The van der Waals surface area contributed by atoms with E-state index >= 15 is 0 Å². The zero-order valence-electron chi connectivity index (χ0n) is 16.1. The smallest absolute Gasteiger partial charge is 0.253 e. The van der Waals surface area contributed by atoms with Crippen molar-refractivity contribution in [3.63, 3.8) is 0 Å². The Morgan fingerprint density at radius 1 is 0.931 bits per heavy atom. The van der Waals surface area contributed by atoms with Gasteiger partial charge in [0.15, 0.2) is 0 Å². The molecule has 0 saturated carbocycles. The van der Waals surface area contributed by atoms with E-state index in [1.54, 1.807) is 36.4 Å². The average Bonchev–Trinajstić information content (AvgIpc) is 2.74. The van der Waals surface area contributed by atoms with E-state index in [-0.39, 0.29) is 18.2 Å². The molecule has 0 saturated heterocycles. The van der Waals surface area contributed by atoms with Crippen LogP contribution in [0.4, 0.5) is 0 Å². The Bertz CT molecular complexity index is 1040. The molecule has 1 atom stereocenters. The molecular weight excluding hydrogens is 362 g/mol. The summed E-state index contributed by atoms with van der Waals surface area (Å²) in [5.41, 5.74) is 3.63. The fraction of sp³-hybridized carbons (Fsp3) is 0.125. The zero-order valence-corrected chi connectivity index (χ0v) is 16.1. The minimum Gasteiger partial charge on any atom is -0.332 e. The van der Waals surface area contributed by atoms with Crippen molar-refractivity contribution in [2.24, 2.45) is 0 Å². The highest BCUT2D eigenvalue weighted by molar-refractivity contribution is 5.95. The number of benzene rings is 3. The standard InChI is InChI=1S/C24H21N3O2/c1-17-6-5-9-21(14-17)24(29)27-23(20-7-3-2-4-8-20)26-22(28)15-18-10-12-19(16-25)13-11-18/h2-14,23H,15H2,1H3,(H,26,28)(H,27,29). The first-order chi connectivity index (χ1) is 14.0. The van der Waals surface area contributed by atoms with Gasteiger partial charge in [-0.3, -0.25) is 9.59 Å². The lowest BCUT2D eigenvalue weighted by molar-refractivity contribution is -0.121. The second kappa shape index (κ2) is 9.34. The van der Waals surface area contributed by atoms with Gasteiger partial charge in [-0.1, -0.05) is 60.2 Å². The van der Waals surface area contributed by atoms with Crippen LogP contribution in [0.25, 0.3) is 0 Å². The van der Waals surface area contributed by atoms with Crippen LogP contribution in [-0.4, -0.2) is 11.8 Å². The molecule has 0 spiro atoms. The highest BCUT2D eigenvalue weighted by Gasteiger charge is 2.18. The molecule has 5 nitrogen and oxygen atoms in total. The summed E-state index contributed by atoms with van der Waals surface area (Å²) in [4.78, 5) is 25.3. The summed E-state index contributed by atoms with van der Waals surface area (Å²) in [5.74, 6) is -0.491. The minimum absolute atomic E-state index is 0.148. The third-order valence-corrected chi connectivity index (χ3v) is 4.44. The molecule has 3 aromatic rings. The lowest BCUT2D eigenvalue weighted by Crippen LogP contribution is -2.41. The zero-order chi connectivity index (χ0) is 20.6. The Morgan fingerprint density at radius 3 is 2.31 bits per heavy atom. The Balaban J connectivity index is 1.74. The Labute approximate surface area is 170 Å². The van der Waals surface area contributed by atoms with Gasteiger partial charge in [-0.25, -0.2) is 0 Å². The van der Waals surface area contributed by atoms with Crippen LogP contribution in [0, 0.1) is 18.3 Å². The molecule has 0 aliphatic heterocycles. The van der Waals surface area contributed by atoms with Crippen molar-refractivity contribution in [2.45, 2.75) is 19.5 Å². The normalized spacial score (nSPS) is 11.2. The van der Waals surface area contributed by atoms with Gasteiger partial charge in [0, 0.05) is 5.56 Å². The summed E-state index contributed by atoms with van der Waals surface area (Å²) in [7, 11) is 0. The SMILES string of the molecule is Cc1cccc(C(=O)NC(NC(=O)Cc2ccc(C#N)cc2)c2ccccc2)c1. The Kier molecular flexibility index (Phi) is 6.39. The number of hydrogen-bond acceptors (Lipinski definition) is 3. The van der Waals surface area contributed by atoms with E-state index in [1.165, 1.54) is 0 Å². The van der Waals surface area contributed by atoms with Gasteiger partial charge in [-0.2, -0.15) is 5.26 Å². The van der Waals surface area contributed by atoms with Gasteiger partial charge in [-0.15, -0.1) is 0 Å². The first kappa shape index (κ1) is 19.8. The summed E-state index contributed by atoms with van der Waals surface area (Å²) in [6.45, 7) is 1.92. The maximum Gasteiger partial charge on any atom is 0.253 e. The minimum atomic E-state index is -0.657. The molecule has 2 amide bonds. The van der Waals surface area contributed by atoms with Crippen molar-refractivity contribution in [1.29, 1.82) is 5.26 Å². The summed E-state index contributed by atoms with van der Waals surface area (Å²) in [5, 5.41) is 14.7. The first-order valence-corrected chi connectivity index (χ1v) is 9.26. The van der Waals surface area contributed by atoms with Crippen molar-refractivity contribution >= 4 is 11.8 Å². The molecule has 2 N–H and O–H groups in total. The quantitative estimate of drug-likeness (QED) is 0.638. The lowest BCUT2D eigenvalue weighted by Gasteiger charge is -2.21. The molecule has 144 valence electrons. The number of hydrogen-bond donors (Lipinski definition) is 2.